The Morgan fingerprint density at radius 3 is 1.46 bits per heavy atom. The minimum Gasteiger partial charge on any atom is -0.460 e. The molecule has 0 aromatic heterocycles. The van der Waals surface area contributed by atoms with E-state index in [-0.39, 0.29) is 22.1 Å². The molecule has 26 heavy (non-hydrogen) atoms. The van der Waals surface area contributed by atoms with Crippen LogP contribution in [0, 0.1) is 0 Å². The highest BCUT2D eigenvalue weighted by Gasteiger charge is 2.39. The van der Waals surface area contributed by atoms with Crippen LogP contribution in [-0.2, 0) is 18.4 Å². The van der Waals surface area contributed by atoms with Crippen molar-refractivity contribution in [3.63, 3.8) is 0 Å². The SMILES string of the molecule is CC(C)OC(=O)C=C(CO[Si](C)(C)C(C)(C)C)CO[Si](C)(C)C(C)(C)C. The molecule has 6 heteroatoms. The lowest BCUT2D eigenvalue weighted by molar-refractivity contribution is -0.141. The van der Waals surface area contributed by atoms with Crippen molar-refractivity contribution in [3.05, 3.63) is 11.6 Å². The maximum absolute atomic E-state index is 12.1. The molecule has 0 aliphatic heterocycles. The van der Waals surface area contributed by atoms with E-state index in [9.17, 15) is 4.79 Å². The molecule has 0 saturated heterocycles. The van der Waals surface area contributed by atoms with E-state index >= 15 is 0 Å². The third-order valence-corrected chi connectivity index (χ3v) is 14.5. The molecule has 0 aliphatic rings. The van der Waals surface area contributed by atoms with Gasteiger partial charge in [-0.15, -0.1) is 0 Å². The molecule has 0 aromatic rings. The Morgan fingerprint density at radius 1 is 0.846 bits per heavy atom. The van der Waals surface area contributed by atoms with Crippen LogP contribution in [0.25, 0.3) is 0 Å². The number of ether oxygens (including phenoxy) is 1. The molecule has 0 unspecified atom stereocenters. The fourth-order valence-electron chi connectivity index (χ4n) is 1.54. The molecule has 0 N–H and O–H groups in total. The lowest BCUT2D eigenvalue weighted by Gasteiger charge is -2.38. The summed E-state index contributed by atoms with van der Waals surface area (Å²) in [5.74, 6) is -0.326. The van der Waals surface area contributed by atoms with E-state index in [4.69, 9.17) is 13.6 Å². The predicted octanol–water partition coefficient (Wildman–Crippen LogP) is 5.91. The van der Waals surface area contributed by atoms with Crippen molar-refractivity contribution in [2.24, 2.45) is 0 Å². The van der Waals surface area contributed by atoms with Gasteiger partial charge in [-0.05, 0) is 55.7 Å². The second-order valence-corrected chi connectivity index (χ2v) is 20.0. The first-order valence-corrected chi connectivity index (χ1v) is 15.4. The molecule has 0 atom stereocenters. The molecule has 0 heterocycles. The normalized spacial score (nSPS) is 13.7. The smallest absolute Gasteiger partial charge is 0.331 e. The van der Waals surface area contributed by atoms with Crippen molar-refractivity contribution < 1.29 is 18.4 Å². The van der Waals surface area contributed by atoms with Gasteiger partial charge in [0.15, 0.2) is 16.6 Å². The summed E-state index contributed by atoms with van der Waals surface area (Å²) in [5.41, 5.74) is 0.852. The highest BCUT2D eigenvalue weighted by Crippen LogP contribution is 2.38. The lowest BCUT2D eigenvalue weighted by Crippen LogP contribution is -2.43. The number of carbonyl (C=O) groups excluding carboxylic acids is 1. The van der Waals surface area contributed by atoms with Gasteiger partial charge in [-0.2, -0.15) is 0 Å². The van der Waals surface area contributed by atoms with Crippen LogP contribution in [0.1, 0.15) is 55.4 Å². The maximum atomic E-state index is 12.1. The average molecular weight is 403 g/mol. The second-order valence-electron chi connectivity index (χ2n) is 10.4. The molecule has 0 amide bonds. The molecule has 154 valence electrons. The van der Waals surface area contributed by atoms with Gasteiger partial charge in [-0.25, -0.2) is 4.79 Å². The first-order valence-electron chi connectivity index (χ1n) is 9.57. The quantitative estimate of drug-likeness (QED) is 0.288. The summed E-state index contributed by atoms with van der Waals surface area (Å²) in [7, 11) is -3.80. The van der Waals surface area contributed by atoms with Crippen molar-refractivity contribution >= 4 is 22.6 Å². The van der Waals surface area contributed by atoms with Gasteiger partial charge in [0.2, 0.25) is 0 Å². The minimum absolute atomic E-state index is 0.122. The zero-order valence-corrected chi connectivity index (χ0v) is 21.2. The van der Waals surface area contributed by atoms with Crippen LogP contribution in [0.4, 0.5) is 0 Å². The van der Waals surface area contributed by atoms with E-state index in [2.05, 4.69) is 67.7 Å². The van der Waals surface area contributed by atoms with E-state index in [1.807, 2.05) is 13.8 Å². The van der Waals surface area contributed by atoms with E-state index in [1.165, 1.54) is 0 Å². The second kappa shape index (κ2) is 9.17. The Balaban J connectivity index is 5.26. The Kier molecular flexibility index (Phi) is 9.02. The van der Waals surface area contributed by atoms with Crippen molar-refractivity contribution in [1.82, 2.24) is 0 Å². The molecule has 0 rings (SSSR count). The summed E-state index contributed by atoms with van der Waals surface area (Å²) in [6.07, 6.45) is 1.42. The molecule has 0 fully saturated rings. The van der Waals surface area contributed by atoms with Crippen LogP contribution in [0.5, 0.6) is 0 Å². The van der Waals surface area contributed by atoms with Gasteiger partial charge >= 0.3 is 5.97 Å². The number of carbonyl (C=O) groups is 1. The largest absolute Gasteiger partial charge is 0.460 e. The Labute approximate surface area is 163 Å². The van der Waals surface area contributed by atoms with Crippen LogP contribution in [-0.4, -0.2) is 41.9 Å². The fourth-order valence-corrected chi connectivity index (χ4v) is 3.50. The van der Waals surface area contributed by atoms with Gasteiger partial charge < -0.3 is 13.6 Å². The molecule has 4 nitrogen and oxygen atoms in total. The summed E-state index contributed by atoms with van der Waals surface area (Å²) in [5, 5.41) is 0.244. The van der Waals surface area contributed by atoms with Crippen LogP contribution in [0.3, 0.4) is 0 Å². The van der Waals surface area contributed by atoms with Gasteiger partial charge in [0.05, 0.1) is 19.3 Å². The van der Waals surface area contributed by atoms with Crippen LogP contribution in [0.2, 0.25) is 36.3 Å². The van der Waals surface area contributed by atoms with Crippen LogP contribution >= 0.6 is 0 Å². The van der Waals surface area contributed by atoms with E-state index in [0.717, 1.165) is 5.57 Å². The van der Waals surface area contributed by atoms with Crippen molar-refractivity contribution in [2.75, 3.05) is 13.2 Å². The van der Waals surface area contributed by atoms with Crippen molar-refractivity contribution in [1.29, 1.82) is 0 Å². The number of esters is 1. The van der Waals surface area contributed by atoms with Crippen molar-refractivity contribution in [3.8, 4) is 0 Å². The predicted molar refractivity (Wildman–Crippen MR) is 116 cm³/mol. The minimum atomic E-state index is -1.90. The maximum Gasteiger partial charge on any atom is 0.331 e. The van der Waals surface area contributed by atoms with Gasteiger partial charge in [0, 0.05) is 6.08 Å². The zero-order valence-electron chi connectivity index (χ0n) is 19.2. The molecule has 0 aromatic carbocycles. The highest BCUT2D eigenvalue weighted by molar-refractivity contribution is 6.74. The molecular weight excluding hydrogens is 360 g/mol. The summed E-state index contributed by atoms with van der Waals surface area (Å²) < 4.78 is 17.9. The molecule has 0 radical (unpaired) electrons. The molecule has 0 spiro atoms. The Hall–Kier alpha value is -0.436. The van der Waals surface area contributed by atoms with Gasteiger partial charge in [0.25, 0.3) is 0 Å². The number of hydrogen-bond acceptors (Lipinski definition) is 4. The first kappa shape index (κ1) is 25.6. The Morgan fingerprint density at radius 2 is 1.19 bits per heavy atom. The third kappa shape index (κ3) is 8.50. The van der Waals surface area contributed by atoms with E-state index < -0.39 is 16.6 Å². The van der Waals surface area contributed by atoms with Gasteiger partial charge in [-0.1, -0.05) is 41.5 Å². The standard InChI is InChI=1S/C20H42O4Si2/c1-16(2)24-18(21)13-17(14-22-25(9,10)19(3,4)5)15-23-26(11,12)20(6,7)8/h13,16H,14-15H2,1-12H3. The summed E-state index contributed by atoms with van der Waals surface area (Å²) >= 11 is 0. The molecule has 0 aliphatic carbocycles. The molecular formula is C20H42O4Si2. The third-order valence-electron chi connectivity index (χ3n) is 5.52. The lowest BCUT2D eigenvalue weighted by atomic mass is 10.2. The van der Waals surface area contributed by atoms with Crippen LogP contribution in [0.15, 0.2) is 11.6 Å². The van der Waals surface area contributed by atoms with E-state index in [1.54, 1.807) is 6.08 Å². The molecule has 0 saturated carbocycles. The molecule has 0 bridgehead atoms. The van der Waals surface area contributed by atoms with Gasteiger partial charge in [-0.3, -0.25) is 0 Å². The number of hydrogen-bond donors (Lipinski definition) is 0. The fraction of sp³-hybridized carbons (Fsp3) is 0.850. The first-order chi connectivity index (χ1) is 11.4. The van der Waals surface area contributed by atoms with Crippen LogP contribution < -0.4 is 0 Å². The summed E-state index contributed by atoms with van der Waals surface area (Å²) in [4.78, 5) is 12.1. The number of rotatable bonds is 8. The zero-order chi connectivity index (χ0) is 21.0. The topological polar surface area (TPSA) is 44.8 Å². The monoisotopic (exact) mass is 402 g/mol. The summed E-state index contributed by atoms with van der Waals surface area (Å²) in [6.45, 7) is 26.6. The Bertz CT molecular complexity index is 463. The average Bonchev–Trinajstić information content (AvgIpc) is 2.38. The summed E-state index contributed by atoms with van der Waals surface area (Å²) in [6, 6.07) is 0. The van der Waals surface area contributed by atoms with Gasteiger partial charge in [0.1, 0.15) is 0 Å². The van der Waals surface area contributed by atoms with E-state index in [0.29, 0.717) is 13.2 Å². The van der Waals surface area contributed by atoms with Crippen molar-refractivity contribution in [2.45, 2.75) is 97.8 Å². The highest BCUT2D eigenvalue weighted by atomic mass is 28.4.